The Morgan fingerprint density at radius 1 is 1.50 bits per heavy atom. The molecule has 4 nitrogen and oxygen atoms in total. The van der Waals surface area contributed by atoms with Gasteiger partial charge in [-0.2, -0.15) is 5.10 Å². The number of aliphatic hydroxyl groups is 1. The number of hydrogen-bond donors (Lipinski definition) is 2. The second-order valence-electron chi connectivity index (χ2n) is 4.74. The summed E-state index contributed by atoms with van der Waals surface area (Å²) in [4.78, 5) is 0. The second-order valence-corrected chi connectivity index (χ2v) is 4.74. The highest BCUT2D eigenvalue weighted by Crippen LogP contribution is 2.23. The molecule has 0 aromatic carbocycles. The number of aromatic nitrogens is 2. The average molecular weight is 223 g/mol. The molecule has 0 atom stereocenters. The van der Waals surface area contributed by atoms with Crippen LogP contribution in [0.25, 0.3) is 0 Å². The molecule has 90 valence electrons. The molecule has 1 fully saturated rings. The van der Waals surface area contributed by atoms with Crippen LogP contribution in [0.4, 0.5) is 0 Å². The van der Waals surface area contributed by atoms with Crippen molar-refractivity contribution < 1.29 is 5.11 Å². The first-order valence-corrected chi connectivity index (χ1v) is 6.09. The summed E-state index contributed by atoms with van der Waals surface area (Å²) in [7, 11) is 0. The van der Waals surface area contributed by atoms with Crippen molar-refractivity contribution in [1.82, 2.24) is 15.1 Å². The number of piperidine rings is 1. The molecule has 2 heterocycles. The van der Waals surface area contributed by atoms with E-state index in [0.717, 1.165) is 50.3 Å². The quantitative estimate of drug-likeness (QED) is 0.799. The molecule has 2 rings (SSSR count). The number of nitrogens with one attached hydrogen (secondary N) is 1. The number of rotatable bonds is 3. The lowest BCUT2D eigenvalue weighted by molar-refractivity contribution is 0.00911. The zero-order valence-electron chi connectivity index (χ0n) is 10.2. The molecule has 1 aromatic rings. The normalized spacial score (nSPS) is 19.9. The Labute approximate surface area is 96.7 Å². The van der Waals surface area contributed by atoms with Gasteiger partial charge >= 0.3 is 0 Å². The molecule has 2 N–H and O–H groups in total. The van der Waals surface area contributed by atoms with Crippen LogP contribution >= 0.6 is 0 Å². The Balaban J connectivity index is 2.12. The first kappa shape index (κ1) is 11.6. The topological polar surface area (TPSA) is 50.1 Å². The molecular formula is C12H21N3O. The summed E-state index contributed by atoms with van der Waals surface area (Å²) < 4.78 is 2.00. The van der Waals surface area contributed by atoms with Gasteiger partial charge in [0.2, 0.25) is 0 Å². The van der Waals surface area contributed by atoms with Gasteiger partial charge in [0, 0.05) is 18.7 Å². The third kappa shape index (κ3) is 2.44. The van der Waals surface area contributed by atoms with Gasteiger partial charge in [-0.15, -0.1) is 0 Å². The van der Waals surface area contributed by atoms with E-state index in [9.17, 15) is 5.11 Å². The van der Waals surface area contributed by atoms with Crippen LogP contribution in [-0.2, 0) is 13.0 Å². The third-order valence-corrected chi connectivity index (χ3v) is 3.33. The maximum Gasteiger partial charge on any atom is 0.0727 e. The van der Waals surface area contributed by atoms with Crippen molar-refractivity contribution >= 4 is 0 Å². The van der Waals surface area contributed by atoms with E-state index < -0.39 is 5.60 Å². The van der Waals surface area contributed by atoms with Gasteiger partial charge < -0.3 is 10.4 Å². The summed E-state index contributed by atoms with van der Waals surface area (Å²) in [6, 6.07) is 2.09. The van der Waals surface area contributed by atoms with Gasteiger partial charge in [-0.3, -0.25) is 4.68 Å². The smallest absolute Gasteiger partial charge is 0.0727 e. The summed E-state index contributed by atoms with van der Waals surface area (Å²) >= 11 is 0. The molecule has 0 saturated carbocycles. The van der Waals surface area contributed by atoms with E-state index in [1.54, 1.807) is 0 Å². The fourth-order valence-electron chi connectivity index (χ4n) is 2.42. The van der Waals surface area contributed by atoms with Crippen molar-refractivity contribution in [2.24, 2.45) is 0 Å². The summed E-state index contributed by atoms with van der Waals surface area (Å²) in [5, 5.41) is 18.2. The van der Waals surface area contributed by atoms with E-state index in [1.807, 2.05) is 11.6 Å². The summed E-state index contributed by atoms with van der Waals surface area (Å²) in [5.74, 6) is 0. The highest BCUT2D eigenvalue weighted by atomic mass is 16.3. The maximum absolute atomic E-state index is 10.5. The van der Waals surface area contributed by atoms with E-state index in [4.69, 9.17) is 0 Å². The van der Waals surface area contributed by atoms with Crippen LogP contribution in [0.1, 0.15) is 31.2 Å². The highest BCUT2D eigenvalue weighted by molar-refractivity contribution is 5.12. The number of hydrogen-bond acceptors (Lipinski definition) is 3. The van der Waals surface area contributed by atoms with Gasteiger partial charge in [-0.25, -0.2) is 0 Å². The molecule has 1 saturated heterocycles. The molecule has 0 amide bonds. The van der Waals surface area contributed by atoms with Crippen molar-refractivity contribution in [1.29, 1.82) is 0 Å². The van der Waals surface area contributed by atoms with Crippen LogP contribution in [0.15, 0.2) is 6.07 Å². The van der Waals surface area contributed by atoms with Crippen LogP contribution in [0.5, 0.6) is 0 Å². The minimum absolute atomic E-state index is 0.537. The largest absolute Gasteiger partial charge is 0.389 e. The Hall–Kier alpha value is -0.870. The standard InChI is InChI=1S/C12H21N3O/c1-3-15-11(8-10(2)14-15)9-12(16)4-6-13-7-5-12/h8,13,16H,3-7,9H2,1-2H3. The highest BCUT2D eigenvalue weighted by Gasteiger charge is 2.30. The van der Waals surface area contributed by atoms with E-state index in [0.29, 0.717) is 0 Å². The third-order valence-electron chi connectivity index (χ3n) is 3.33. The Kier molecular flexibility index (Phi) is 3.30. The molecule has 0 spiro atoms. The second kappa shape index (κ2) is 4.55. The molecule has 0 unspecified atom stereocenters. The summed E-state index contributed by atoms with van der Waals surface area (Å²) in [6.45, 7) is 6.79. The summed E-state index contributed by atoms with van der Waals surface area (Å²) in [5.41, 5.74) is 1.66. The SMILES string of the molecule is CCn1nc(C)cc1CC1(O)CCNCC1. The van der Waals surface area contributed by atoms with Crippen LogP contribution < -0.4 is 5.32 Å². The van der Waals surface area contributed by atoms with Crippen molar-refractivity contribution in [3.05, 3.63) is 17.5 Å². The van der Waals surface area contributed by atoms with Crippen molar-refractivity contribution in [2.45, 2.75) is 45.3 Å². The van der Waals surface area contributed by atoms with Crippen molar-refractivity contribution in [3.8, 4) is 0 Å². The zero-order chi connectivity index (χ0) is 11.6. The zero-order valence-corrected chi connectivity index (χ0v) is 10.2. The number of aryl methyl sites for hydroxylation is 2. The Bertz CT molecular complexity index is 353. The molecule has 0 radical (unpaired) electrons. The molecule has 1 aliphatic heterocycles. The van der Waals surface area contributed by atoms with Crippen LogP contribution in [0, 0.1) is 6.92 Å². The minimum atomic E-state index is -0.537. The van der Waals surface area contributed by atoms with Crippen LogP contribution in [0.2, 0.25) is 0 Å². The Morgan fingerprint density at radius 2 is 2.19 bits per heavy atom. The van der Waals surface area contributed by atoms with Crippen molar-refractivity contribution in [3.63, 3.8) is 0 Å². The van der Waals surface area contributed by atoms with Crippen LogP contribution in [-0.4, -0.2) is 33.6 Å². The molecule has 16 heavy (non-hydrogen) atoms. The van der Waals surface area contributed by atoms with E-state index >= 15 is 0 Å². The lowest BCUT2D eigenvalue weighted by atomic mass is 9.88. The Morgan fingerprint density at radius 3 is 2.81 bits per heavy atom. The fourth-order valence-corrected chi connectivity index (χ4v) is 2.42. The van der Waals surface area contributed by atoms with Gasteiger partial charge in [0.15, 0.2) is 0 Å². The average Bonchev–Trinajstić information content (AvgIpc) is 2.59. The number of nitrogens with zero attached hydrogens (tertiary/aromatic N) is 2. The predicted molar refractivity (Wildman–Crippen MR) is 63.4 cm³/mol. The first-order chi connectivity index (χ1) is 7.63. The first-order valence-electron chi connectivity index (χ1n) is 6.09. The lowest BCUT2D eigenvalue weighted by Crippen LogP contribution is -2.43. The van der Waals surface area contributed by atoms with E-state index in [-0.39, 0.29) is 0 Å². The van der Waals surface area contributed by atoms with E-state index in [1.165, 1.54) is 0 Å². The van der Waals surface area contributed by atoms with Gasteiger partial charge in [-0.05, 0) is 45.8 Å². The van der Waals surface area contributed by atoms with E-state index in [2.05, 4.69) is 23.4 Å². The predicted octanol–water partition coefficient (Wildman–Crippen LogP) is 0.868. The molecule has 4 heteroatoms. The fraction of sp³-hybridized carbons (Fsp3) is 0.750. The van der Waals surface area contributed by atoms with Gasteiger partial charge in [0.1, 0.15) is 0 Å². The van der Waals surface area contributed by atoms with Gasteiger partial charge in [-0.1, -0.05) is 0 Å². The molecule has 0 bridgehead atoms. The summed E-state index contributed by atoms with van der Waals surface area (Å²) in [6.07, 6.45) is 2.39. The van der Waals surface area contributed by atoms with Gasteiger partial charge in [0.25, 0.3) is 0 Å². The lowest BCUT2D eigenvalue weighted by Gasteiger charge is -2.32. The van der Waals surface area contributed by atoms with Gasteiger partial charge in [0.05, 0.1) is 11.3 Å². The molecule has 0 aliphatic carbocycles. The molecular weight excluding hydrogens is 202 g/mol. The maximum atomic E-state index is 10.5. The minimum Gasteiger partial charge on any atom is -0.389 e. The van der Waals surface area contributed by atoms with Crippen LogP contribution in [0.3, 0.4) is 0 Å². The van der Waals surface area contributed by atoms with Crippen molar-refractivity contribution in [2.75, 3.05) is 13.1 Å². The molecule has 1 aromatic heterocycles. The molecule has 1 aliphatic rings. The monoisotopic (exact) mass is 223 g/mol.